The fourth-order valence-electron chi connectivity index (χ4n) is 3.69. The maximum absolute atomic E-state index is 11.9. The minimum Gasteiger partial charge on any atom is -0.664 e. The van der Waals surface area contributed by atoms with Crippen molar-refractivity contribution in [2.24, 2.45) is 0 Å². The van der Waals surface area contributed by atoms with E-state index in [2.05, 4.69) is 48.1 Å². The van der Waals surface area contributed by atoms with Crippen molar-refractivity contribution in [2.45, 2.75) is 48.0 Å². The summed E-state index contributed by atoms with van der Waals surface area (Å²) in [7, 11) is 0. The number of carbonyl (C=O) groups is 5. The zero-order valence-corrected chi connectivity index (χ0v) is 34.9. The Morgan fingerprint density at radius 2 is 1.37 bits per heavy atom. The molecule has 0 aliphatic heterocycles. The Morgan fingerprint density at radius 3 is 1.86 bits per heavy atom. The molecule has 0 aromatic heterocycles. The number of fused-ring (bicyclic) bond motifs is 1. The third kappa shape index (κ3) is 22.1. The van der Waals surface area contributed by atoms with Crippen LogP contribution in [0.15, 0.2) is 82.0 Å². The molecule has 0 heterocycles. The molecular weight excluding hydrogens is 807 g/mol. The predicted molar refractivity (Wildman–Crippen MR) is 193 cm³/mol. The van der Waals surface area contributed by atoms with E-state index in [0.717, 1.165) is 31.5 Å². The van der Waals surface area contributed by atoms with Gasteiger partial charge in [0, 0.05) is 33.8 Å². The van der Waals surface area contributed by atoms with Crippen molar-refractivity contribution >= 4 is 78.6 Å². The van der Waals surface area contributed by atoms with Crippen LogP contribution in [-0.4, -0.2) is 56.3 Å². The molecule has 0 radical (unpaired) electrons. The van der Waals surface area contributed by atoms with E-state index in [1.165, 1.54) is 13.8 Å². The Kier molecular flexibility index (Phi) is 28.3. The quantitative estimate of drug-likeness (QED) is 0.0399. The van der Waals surface area contributed by atoms with E-state index in [-0.39, 0.29) is 60.7 Å². The van der Waals surface area contributed by atoms with Gasteiger partial charge in [0.25, 0.3) is 0 Å². The van der Waals surface area contributed by atoms with Crippen LogP contribution in [0.4, 0.5) is 0 Å². The molecule has 0 aliphatic rings. The molecule has 0 fully saturated rings. The minimum atomic E-state index is -0.562. The molecular formula is C36H41Br2NaO12. The van der Waals surface area contributed by atoms with Gasteiger partial charge in [0.15, 0.2) is 0 Å². The van der Waals surface area contributed by atoms with Crippen LogP contribution in [0.3, 0.4) is 0 Å². The summed E-state index contributed by atoms with van der Waals surface area (Å²) in [5.41, 5.74) is 1.60. The van der Waals surface area contributed by atoms with Gasteiger partial charge < -0.3 is 33.8 Å². The average Bonchev–Trinajstić information content (AvgIpc) is 3.05. The molecule has 3 aromatic carbocycles. The van der Waals surface area contributed by atoms with Crippen molar-refractivity contribution in [3.8, 4) is 5.75 Å². The zero-order valence-electron chi connectivity index (χ0n) is 29.7. The second kappa shape index (κ2) is 29.1. The van der Waals surface area contributed by atoms with E-state index >= 15 is 0 Å². The molecule has 0 unspecified atom stereocenters. The summed E-state index contributed by atoms with van der Waals surface area (Å²) in [6, 6.07) is 16.9. The van der Waals surface area contributed by atoms with Crippen LogP contribution < -0.4 is 39.6 Å². The molecule has 15 heteroatoms. The van der Waals surface area contributed by atoms with E-state index in [1.54, 1.807) is 32.9 Å². The number of halogens is 2. The predicted octanol–water partition coefficient (Wildman–Crippen LogP) is 4.05. The topological polar surface area (TPSA) is 164 Å². The first kappa shape index (κ1) is 49.6. The maximum atomic E-state index is 11.9. The normalized spacial score (nSPS) is 9.71. The number of benzene rings is 3. The van der Waals surface area contributed by atoms with Crippen molar-refractivity contribution in [3.63, 3.8) is 0 Å². The third-order valence-corrected chi connectivity index (χ3v) is 6.40. The molecule has 0 amide bonds. The fourth-order valence-corrected chi connectivity index (χ4v) is 4.48. The molecule has 0 atom stereocenters. The molecule has 0 bridgehead atoms. The van der Waals surface area contributed by atoms with Gasteiger partial charge in [0.1, 0.15) is 5.75 Å². The number of hydrogen-bond donors (Lipinski definition) is 0. The molecule has 0 aliphatic carbocycles. The molecule has 0 spiro atoms. The molecule has 12 nitrogen and oxygen atoms in total. The van der Waals surface area contributed by atoms with Crippen molar-refractivity contribution in [1.82, 2.24) is 0 Å². The molecule has 3 rings (SSSR count). The van der Waals surface area contributed by atoms with E-state index in [9.17, 15) is 24.0 Å². The van der Waals surface area contributed by atoms with E-state index in [4.69, 9.17) is 24.2 Å². The van der Waals surface area contributed by atoms with Gasteiger partial charge in [-0.2, -0.15) is 0 Å². The molecule has 51 heavy (non-hydrogen) atoms. The van der Waals surface area contributed by atoms with Gasteiger partial charge in [-0.3, -0.25) is 14.4 Å². The van der Waals surface area contributed by atoms with Gasteiger partial charge in [-0.25, -0.2) is 9.59 Å². The van der Waals surface area contributed by atoms with Crippen molar-refractivity contribution in [1.29, 1.82) is 0 Å². The maximum Gasteiger partial charge on any atom is 1.00 e. The monoisotopic (exact) mass is 846 g/mol. The van der Waals surface area contributed by atoms with E-state index < -0.39 is 23.9 Å². The summed E-state index contributed by atoms with van der Waals surface area (Å²) in [5.74, 6) is -1.69. The summed E-state index contributed by atoms with van der Waals surface area (Å²) in [6.07, 6.45) is 2.36. The first-order valence-corrected chi connectivity index (χ1v) is 16.8. The van der Waals surface area contributed by atoms with Gasteiger partial charge in [-0.15, -0.1) is 0 Å². The van der Waals surface area contributed by atoms with Crippen molar-refractivity contribution in [2.75, 3.05) is 26.4 Å². The number of esters is 5. The molecule has 0 N–H and O–H groups in total. The third-order valence-electron chi connectivity index (χ3n) is 5.41. The van der Waals surface area contributed by atoms with Gasteiger partial charge in [-0.1, -0.05) is 50.6 Å². The summed E-state index contributed by atoms with van der Waals surface area (Å²) in [5, 5.41) is 10.6. The van der Waals surface area contributed by atoms with Gasteiger partial charge in [0.2, 0.25) is 0 Å². The fraction of sp³-hybridized carbons (Fsp3) is 0.306. The van der Waals surface area contributed by atoms with Gasteiger partial charge in [0.05, 0.1) is 44.7 Å². The standard InChI is InChI=1S/C15H17BrO4.C15H15BrO3.C4H6O3.C2H4O2.Na/c1-3-19-14(17)10-12(15(18)20-4-2)8-11-6-5-7-13(16)9-11;1-3-18-14-9-11(15(17)19-4-2)7-10-8-12(16)5-6-13(10)14;1-3(5)7-4(2)6;1-2-4-3;/h5-9H,3-4,10H2,1-2H3;5-9H,3-4H2,1-2H3;1-2H3;2-3H,1H2;/q;;;;+1/p-1/b12-8+;;;;. The van der Waals surface area contributed by atoms with Crippen LogP contribution in [-0.2, 0) is 43.0 Å². The second-order valence-corrected chi connectivity index (χ2v) is 11.1. The number of rotatable bonds is 11. The SMILES string of the molecule is C=CO[O-].CC(=O)OC(C)=O.CCOC(=O)C/C(=C\c1cccc(Br)c1)C(=O)OCC.CCOC(=O)c1cc(OCC)c2ccc(Br)cc2c1.[Na+]. The van der Waals surface area contributed by atoms with Crippen molar-refractivity contribution in [3.05, 3.63) is 93.1 Å². The molecule has 0 saturated heterocycles. The Morgan fingerprint density at radius 1 is 0.784 bits per heavy atom. The average molecular weight is 849 g/mol. The van der Waals surface area contributed by atoms with Gasteiger partial charge in [-0.05, 0) is 87.2 Å². The Balaban J connectivity index is 0. The summed E-state index contributed by atoms with van der Waals surface area (Å²) in [4.78, 5) is 57.9. The number of ether oxygens (including phenoxy) is 5. The molecule has 3 aromatic rings. The Labute approximate surface area is 336 Å². The van der Waals surface area contributed by atoms with Gasteiger partial charge >= 0.3 is 59.4 Å². The van der Waals surface area contributed by atoms with Crippen LogP contribution in [0.5, 0.6) is 5.75 Å². The summed E-state index contributed by atoms with van der Waals surface area (Å²) in [6.45, 7) is 13.9. The summed E-state index contributed by atoms with van der Waals surface area (Å²) < 4.78 is 26.3. The van der Waals surface area contributed by atoms with E-state index in [0.29, 0.717) is 24.5 Å². The van der Waals surface area contributed by atoms with Crippen LogP contribution in [0.25, 0.3) is 16.8 Å². The van der Waals surface area contributed by atoms with Crippen LogP contribution in [0, 0.1) is 0 Å². The molecule has 272 valence electrons. The minimum absolute atomic E-state index is 0. The number of carbonyl (C=O) groups excluding carboxylic acids is 5. The Bertz CT molecular complexity index is 1600. The van der Waals surface area contributed by atoms with Crippen molar-refractivity contribution < 1.29 is 87.4 Å². The van der Waals surface area contributed by atoms with Crippen LogP contribution in [0.1, 0.15) is 63.9 Å². The smallest absolute Gasteiger partial charge is 0.664 e. The zero-order chi connectivity index (χ0) is 38.1. The largest absolute Gasteiger partial charge is 1.00 e. The van der Waals surface area contributed by atoms with Crippen LogP contribution >= 0.6 is 31.9 Å². The van der Waals surface area contributed by atoms with E-state index in [1.807, 2.05) is 55.5 Å². The molecule has 0 saturated carbocycles. The Hall–Kier alpha value is -3.53. The second-order valence-electron chi connectivity index (χ2n) is 9.27. The first-order chi connectivity index (χ1) is 23.8. The summed E-state index contributed by atoms with van der Waals surface area (Å²) >= 11 is 6.79. The first-order valence-electron chi connectivity index (χ1n) is 15.2. The van der Waals surface area contributed by atoms with Crippen LogP contribution in [0.2, 0.25) is 0 Å². The number of hydrogen-bond acceptors (Lipinski definition) is 12.